The van der Waals surface area contributed by atoms with Gasteiger partial charge in [0, 0.05) is 42.1 Å². The summed E-state index contributed by atoms with van der Waals surface area (Å²) < 4.78 is 0. The van der Waals surface area contributed by atoms with E-state index in [0.29, 0.717) is 29.8 Å². The number of unbranched alkanes of at least 4 members (excludes halogenated alkanes) is 1. The molecule has 6 N–H and O–H groups in total. The highest BCUT2D eigenvalue weighted by molar-refractivity contribution is 5.91. The Hall–Kier alpha value is -3.88. The Morgan fingerprint density at radius 3 is 1.42 bits per heavy atom. The van der Waals surface area contributed by atoms with E-state index in [0.717, 1.165) is 48.1 Å². The van der Waals surface area contributed by atoms with E-state index in [9.17, 15) is 9.59 Å². The van der Waals surface area contributed by atoms with E-state index in [2.05, 4.69) is 109 Å². The highest BCUT2D eigenvalue weighted by atomic mass is 16.2. The number of nitrogens with two attached hydrogens (primary N) is 1. The minimum absolute atomic E-state index is 0.0425. The Labute approximate surface area is 482 Å². The monoisotopic (exact) mass is 1090 g/mol. The van der Waals surface area contributed by atoms with Crippen molar-refractivity contribution in [2.24, 2.45) is 47.2 Å². The molecule has 0 aliphatic heterocycles. The van der Waals surface area contributed by atoms with Crippen molar-refractivity contribution in [3.8, 4) is 0 Å². The van der Waals surface area contributed by atoms with Gasteiger partial charge >= 0.3 is 0 Å². The van der Waals surface area contributed by atoms with Gasteiger partial charge < -0.3 is 31.8 Å². The van der Waals surface area contributed by atoms with Gasteiger partial charge in [-0.2, -0.15) is 0 Å². The first-order valence-corrected chi connectivity index (χ1v) is 31.6. The largest absolute Gasteiger partial charge is 0.382 e. The average molecular weight is 1090 g/mol. The maximum Gasteiger partial charge on any atom is 0.224 e. The number of hydrogen-bond acceptors (Lipinski definition) is 7. The Bertz CT molecular complexity index is 1380. The van der Waals surface area contributed by atoms with Crippen LogP contribution in [0.25, 0.3) is 0 Å². The van der Waals surface area contributed by atoms with E-state index in [1.54, 1.807) is 0 Å². The fraction of sp³-hybridized carbons (Fsp3) is 0.765. The number of allylic oxidation sites excluding steroid dienone is 5. The quantitative estimate of drug-likeness (QED) is 0.0507. The van der Waals surface area contributed by atoms with Crippen LogP contribution >= 0.6 is 0 Å². The van der Waals surface area contributed by atoms with Gasteiger partial charge in [-0.1, -0.05) is 279 Å². The van der Waals surface area contributed by atoms with Gasteiger partial charge in [0.15, 0.2) is 5.78 Å². The molecule has 0 radical (unpaired) electrons. The van der Waals surface area contributed by atoms with E-state index in [1.807, 2.05) is 133 Å². The van der Waals surface area contributed by atoms with Crippen LogP contribution in [0.1, 0.15) is 275 Å². The summed E-state index contributed by atoms with van der Waals surface area (Å²) in [5.74, 6) is 4.00. The van der Waals surface area contributed by atoms with Crippen LogP contribution in [0.5, 0.6) is 0 Å². The predicted octanol–water partition coefficient (Wildman–Crippen LogP) is 18.8. The van der Waals surface area contributed by atoms with Gasteiger partial charge in [-0.05, 0) is 81.1 Å². The van der Waals surface area contributed by atoms with Crippen molar-refractivity contribution < 1.29 is 19.2 Å². The number of aldehydes is 1. The van der Waals surface area contributed by atoms with Crippen LogP contribution in [0, 0.1) is 41.4 Å². The molecule has 9 heteroatoms. The summed E-state index contributed by atoms with van der Waals surface area (Å²) in [5, 5.41) is 13.8. The van der Waals surface area contributed by atoms with Crippen LogP contribution in [-0.4, -0.2) is 48.6 Å². The molecule has 0 aromatic heterocycles. The van der Waals surface area contributed by atoms with Crippen molar-refractivity contribution >= 4 is 24.4 Å². The zero-order chi connectivity index (χ0) is 61.7. The molecule has 77 heavy (non-hydrogen) atoms. The molecular weight excluding hydrogens is 951 g/mol. The standard InChI is InChI=1S/C29H44N2O2.C17H34N2.C4H10.C3H6.C2H4O.6C2H6.CH3NO/c1-7-8-13-21(4)23(6)30-26(19-24-16-17-24)22(5)18-27(32)31-28(29(33)20(2)3)25-14-11-9-10-12-15-25;1-6-10-17(13(2)3)19-15(5)18-14(4)16-11-8-7-9-12-16;1-4(2)3;1-2-3-1;1-2-3;6*1-2;2-1-3/h9-12,14-15,20-21,24-26,28,30H,5-8,13,16-19H2,1-4H3,(H,31,32);13-14,16-19H,5-12H2,1-4H3;4H,1-3H3;1-3H2;2H,1H3;6*1-2H3;1H,(H2,2,3). The van der Waals surface area contributed by atoms with Crippen LogP contribution in [0.3, 0.4) is 0 Å². The lowest BCUT2D eigenvalue weighted by atomic mass is 9.84. The number of primary amides is 1. The second kappa shape index (κ2) is 68.2. The lowest BCUT2D eigenvalue weighted by Gasteiger charge is -2.32. The lowest BCUT2D eigenvalue weighted by molar-refractivity contribution is -0.129. The average Bonchev–Trinajstić information content (AvgIpc) is 4.35. The van der Waals surface area contributed by atoms with Crippen LogP contribution in [0.2, 0.25) is 0 Å². The molecule has 0 aromatic carbocycles. The van der Waals surface area contributed by atoms with Gasteiger partial charge in [-0.25, -0.2) is 0 Å². The van der Waals surface area contributed by atoms with E-state index >= 15 is 0 Å². The Balaban J connectivity index is -0.000000151. The van der Waals surface area contributed by atoms with Gasteiger partial charge in [-0.15, -0.1) is 0 Å². The second-order valence-electron chi connectivity index (χ2n) is 19.9. The molecule has 458 valence electrons. The summed E-state index contributed by atoms with van der Waals surface area (Å²) in [6, 6.07) is 0.566. The first-order chi connectivity index (χ1) is 36.8. The molecule has 4 aliphatic carbocycles. The molecule has 0 bridgehead atoms. The van der Waals surface area contributed by atoms with Gasteiger partial charge in [0.2, 0.25) is 12.3 Å². The molecule has 0 saturated heterocycles. The summed E-state index contributed by atoms with van der Waals surface area (Å²) in [7, 11) is 0. The molecule has 4 rings (SSSR count). The van der Waals surface area contributed by atoms with Crippen molar-refractivity contribution in [2.75, 3.05) is 0 Å². The number of nitrogens with one attached hydrogen (secondary N) is 4. The third kappa shape index (κ3) is 61.2. The molecule has 0 heterocycles. The number of amides is 2. The highest BCUT2D eigenvalue weighted by Crippen LogP contribution is 2.36. The van der Waals surface area contributed by atoms with Crippen molar-refractivity contribution in [2.45, 2.75) is 299 Å². The zero-order valence-electron chi connectivity index (χ0n) is 55.8. The van der Waals surface area contributed by atoms with Gasteiger partial charge in [-0.3, -0.25) is 14.4 Å². The molecule has 2 amide bonds. The first kappa shape index (κ1) is 89.7. The van der Waals surface area contributed by atoms with Crippen molar-refractivity contribution in [1.29, 1.82) is 0 Å². The van der Waals surface area contributed by atoms with E-state index in [-0.39, 0.29) is 42.4 Å². The van der Waals surface area contributed by atoms with E-state index in [1.165, 1.54) is 96.8 Å². The van der Waals surface area contributed by atoms with Crippen LogP contribution < -0.4 is 27.0 Å². The Morgan fingerprint density at radius 1 is 0.623 bits per heavy atom. The van der Waals surface area contributed by atoms with Gasteiger partial charge in [0.1, 0.15) is 6.29 Å². The van der Waals surface area contributed by atoms with Crippen molar-refractivity contribution in [1.82, 2.24) is 21.3 Å². The molecule has 0 aromatic rings. The number of carbonyl (C=O) groups is 4. The van der Waals surface area contributed by atoms with Crippen molar-refractivity contribution in [3.05, 3.63) is 73.3 Å². The summed E-state index contributed by atoms with van der Waals surface area (Å²) >= 11 is 0. The van der Waals surface area contributed by atoms with E-state index in [4.69, 9.17) is 9.59 Å². The molecular formula is C68H137N5O4. The topological polar surface area (TPSA) is 142 Å². The molecule has 3 fully saturated rings. The van der Waals surface area contributed by atoms with Gasteiger partial charge in [0.25, 0.3) is 0 Å². The van der Waals surface area contributed by atoms with Crippen molar-refractivity contribution in [3.63, 3.8) is 0 Å². The lowest BCUT2D eigenvalue weighted by Crippen LogP contribution is -2.47. The second-order valence-corrected chi connectivity index (χ2v) is 19.9. The predicted molar refractivity (Wildman–Crippen MR) is 348 cm³/mol. The third-order valence-corrected chi connectivity index (χ3v) is 11.5. The molecule has 3 saturated carbocycles. The molecule has 5 unspecified atom stereocenters. The first-order valence-electron chi connectivity index (χ1n) is 31.6. The summed E-state index contributed by atoms with van der Waals surface area (Å²) in [5.41, 5.74) is 6.07. The minimum atomic E-state index is -0.573. The molecule has 4 aliphatic rings. The number of hydrogen-bond donors (Lipinski definition) is 5. The van der Waals surface area contributed by atoms with E-state index < -0.39 is 6.04 Å². The smallest absolute Gasteiger partial charge is 0.224 e. The Kier molecular flexibility index (Phi) is 79.5. The molecule has 0 spiro atoms. The highest BCUT2D eigenvalue weighted by Gasteiger charge is 2.31. The molecule has 5 atom stereocenters. The van der Waals surface area contributed by atoms with Crippen LogP contribution in [0.15, 0.2) is 73.3 Å². The van der Waals surface area contributed by atoms with Crippen LogP contribution in [0.4, 0.5) is 0 Å². The van der Waals surface area contributed by atoms with Gasteiger partial charge in [0.05, 0.1) is 11.9 Å². The summed E-state index contributed by atoms with van der Waals surface area (Å²) in [6.45, 7) is 62.0. The number of rotatable bonds is 23. The Morgan fingerprint density at radius 2 is 1.05 bits per heavy atom. The maximum absolute atomic E-state index is 13.0. The minimum Gasteiger partial charge on any atom is -0.382 e. The van der Waals surface area contributed by atoms with Crippen LogP contribution in [-0.2, 0) is 19.2 Å². The number of ketones is 1. The SMILES string of the molecule is C1CC1.C=C(NC(C)C1CCCCC1)NC(CCC)C(C)C.C=C(NC(CC1CC1)C(=C)CC(=O)NC(C(=O)C(C)C)C1C=CC=CC=C1)C(C)CCCC.CC.CC.CC.CC.CC.CC.CC(C)C.CC=O.NC=O. The fourth-order valence-corrected chi connectivity index (χ4v) is 7.31. The zero-order valence-corrected chi connectivity index (χ0v) is 55.8. The summed E-state index contributed by atoms with van der Waals surface area (Å²) in [4.78, 5) is 43.4. The number of carbonyl (C=O) groups excluding carboxylic acids is 4. The molecule has 9 nitrogen and oxygen atoms in total. The fourth-order valence-electron chi connectivity index (χ4n) is 7.31. The third-order valence-electron chi connectivity index (χ3n) is 11.5. The number of Topliss-reactive ketones (excluding diaryl/α,β-unsaturated/α-hetero) is 1. The summed E-state index contributed by atoms with van der Waals surface area (Å²) in [6.07, 6.45) is 33.7. The maximum atomic E-state index is 13.0. The normalized spacial score (nSPS) is 15.1.